The molecule has 0 aliphatic heterocycles. The van der Waals surface area contributed by atoms with Crippen molar-refractivity contribution >= 4 is 29.9 Å². The summed E-state index contributed by atoms with van der Waals surface area (Å²) in [4.78, 5) is 4.60. The minimum atomic E-state index is 0. The molecular formula is C19H28IN3O3. The number of hydrogen-bond donors (Lipinski definition) is 3. The van der Waals surface area contributed by atoms with Crippen molar-refractivity contribution in [1.82, 2.24) is 10.6 Å². The lowest BCUT2D eigenvalue weighted by molar-refractivity contribution is 0.318. The second kappa shape index (κ2) is 10.9. The lowest BCUT2D eigenvalue weighted by Gasteiger charge is -2.16. The van der Waals surface area contributed by atoms with Gasteiger partial charge in [0.15, 0.2) is 17.5 Å². The van der Waals surface area contributed by atoms with E-state index in [9.17, 15) is 5.11 Å². The summed E-state index contributed by atoms with van der Waals surface area (Å²) in [6.45, 7) is 9.59. The summed E-state index contributed by atoms with van der Waals surface area (Å²) in [7, 11) is 0. The summed E-state index contributed by atoms with van der Waals surface area (Å²) < 4.78 is 11.1. The van der Waals surface area contributed by atoms with Crippen molar-refractivity contribution in [3.8, 4) is 11.5 Å². The van der Waals surface area contributed by atoms with Crippen LogP contribution in [-0.2, 0) is 6.54 Å². The average molecular weight is 473 g/mol. The molecule has 1 aromatic carbocycles. The van der Waals surface area contributed by atoms with Crippen LogP contribution >= 0.6 is 24.0 Å². The first-order chi connectivity index (χ1) is 12.0. The number of phenolic OH excluding ortho intramolecular Hbond substituents is 1. The van der Waals surface area contributed by atoms with Crippen LogP contribution in [0.4, 0.5) is 0 Å². The van der Waals surface area contributed by atoms with E-state index in [4.69, 9.17) is 9.15 Å². The summed E-state index contributed by atoms with van der Waals surface area (Å²) in [5, 5.41) is 16.3. The highest BCUT2D eigenvalue weighted by Crippen LogP contribution is 2.27. The fraction of sp³-hybridized carbons (Fsp3) is 0.421. The minimum Gasteiger partial charge on any atom is -0.504 e. The standard InChI is InChI=1S/C19H27N3O3.HI/c1-5-20-19(22-14(4)17-10-7-13(3)25-17)21-12-15-8-9-16(23)18(11-15)24-6-2;/h7-11,14,23H,5-6,12H2,1-4H3,(H2,20,21,22);1H. The molecule has 0 amide bonds. The van der Waals surface area contributed by atoms with Crippen LogP contribution in [0, 0.1) is 6.92 Å². The van der Waals surface area contributed by atoms with Gasteiger partial charge < -0.3 is 24.9 Å². The minimum absolute atomic E-state index is 0. The third-order valence-corrected chi connectivity index (χ3v) is 3.63. The van der Waals surface area contributed by atoms with Crippen molar-refractivity contribution in [2.45, 2.75) is 40.3 Å². The van der Waals surface area contributed by atoms with E-state index in [2.05, 4.69) is 15.6 Å². The monoisotopic (exact) mass is 473 g/mol. The number of guanidine groups is 1. The van der Waals surface area contributed by atoms with Gasteiger partial charge in [0, 0.05) is 6.54 Å². The van der Waals surface area contributed by atoms with Crippen LogP contribution in [0.15, 0.2) is 39.7 Å². The fourth-order valence-electron chi connectivity index (χ4n) is 2.38. The van der Waals surface area contributed by atoms with Crippen LogP contribution in [0.3, 0.4) is 0 Å². The van der Waals surface area contributed by atoms with Gasteiger partial charge in [-0.25, -0.2) is 4.99 Å². The van der Waals surface area contributed by atoms with Gasteiger partial charge in [0.2, 0.25) is 0 Å². The van der Waals surface area contributed by atoms with E-state index >= 15 is 0 Å². The van der Waals surface area contributed by atoms with Crippen LogP contribution in [0.5, 0.6) is 11.5 Å². The maximum Gasteiger partial charge on any atom is 0.192 e. The lowest BCUT2D eigenvalue weighted by Crippen LogP contribution is -2.38. The molecule has 7 heteroatoms. The highest BCUT2D eigenvalue weighted by molar-refractivity contribution is 14.0. The normalized spacial score (nSPS) is 12.2. The maximum absolute atomic E-state index is 9.78. The molecule has 0 bridgehead atoms. The van der Waals surface area contributed by atoms with Crippen molar-refractivity contribution in [3.05, 3.63) is 47.4 Å². The molecule has 1 unspecified atom stereocenters. The fourth-order valence-corrected chi connectivity index (χ4v) is 2.38. The molecule has 0 saturated heterocycles. The first-order valence-electron chi connectivity index (χ1n) is 8.59. The van der Waals surface area contributed by atoms with E-state index < -0.39 is 0 Å². The van der Waals surface area contributed by atoms with Crippen molar-refractivity contribution in [2.24, 2.45) is 4.99 Å². The van der Waals surface area contributed by atoms with E-state index in [1.807, 2.05) is 52.0 Å². The molecule has 0 aliphatic carbocycles. The highest BCUT2D eigenvalue weighted by Gasteiger charge is 2.11. The largest absolute Gasteiger partial charge is 0.504 e. The Morgan fingerprint density at radius 2 is 2.04 bits per heavy atom. The highest BCUT2D eigenvalue weighted by atomic mass is 127. The third-order valence-electron chi connectivity index (χ3n) is 3.63. The first kappa shape index (κ1) is 22.1. The van der Waals surface area contributed by atoms with E-state index in [1.165, 1.54) is 0 Å². The molecule has 6 nitrogen and oxygen atoms in total. The molecule has 0 saturated carbocycles. The molecule has 1 aromatic heterocycles. The van der Waals surface area contributed by atoms with Crippen molar-refractivity contribution in [1.29, 1.82) is 0 Å². The Balaban J connectivity index is 0.00000338. The molecule has 0 aliphatic rings. The molecular weight excluding hydrogens is 445 g/mol. The molecule has 3 N–H and O–H groups in total. The average Bonchev–Trinajstić information content (AvgIpc) is 3.02. The number of phenols is 1. The van der Waals surface area contributed by atoms with Crippen LogP contribution in [0.1, 0.15) is 43.9 Å². The zero-order valence-electron chi connectivity index (χ0n) is 15.7. The summed E-state index contributed by atoms with van der Waals surface area (Å²) >= 11 is 0. The number of aliphatic imine (C=N–C) groups is 1. The number of benzene rings is 1. The summed E-state index contributed by atoms with van der Waals surface area (Å²) in [6.07, 6.45) is 0. The SMILES string of the molecule is CCNC(=NCc1ccc(O)c(OCC)c1)NC(C)c1ccc(C)o1.I. The molecule has 0 fully saturated rings. The topological polar surface area (TPSA) is 79.0 Å². The molecule has 1 heterocycles. The van der Waals surface area contributed by atoms with Gasteiger partial charge in [-0.2, -0.15) is 0 Å². The second-order valence-electron chi connectivity index (χ2n) is 5.74. The van der Waals surface area contributed by atoms with E-state index in [1.54, 1.807) is 6.07 Å². The van der Waals surface area contributed by atoms with Crippen molar-refractivity contribution in [3.63, 3.8) is 0 Å². The molecule has 2 aromatic rings. The van der Waals surface area contributed by atoms with Gasteiger partial charge in [0.1, 0.15) is 11.5 Å². The van der Waals surface area contributed by atoms with Gasteiger partial charge in [-0.15, -0.1) is 24.0 Å². The van der Waals surface area contributed by atoms with E-state index in [-0.39, 0.29) is 35.8 Å². The summed E-state index contributed by atoms with van der Waals surface area (Å²) in [6, 6.07) is 9.19. The molecule has 144 valence electrons. The zero-order chi connectivity index (χ0) is 18.2. The number of aryl methyl sites for hydroxylation is 1. The Morgan fingerprint density at radius 3 is 2.65 bits per heavy atom. The van der Waals surface area contributed by atoms with Gasteiger partial charge in [0.25, 0.3) is 0 Å². The van der Waals surface area contributed by atoms with E-state index in [0.717, 1.165) is 23.6 Å². The molecule has 1 atom stereocenters. The van der Waals surface area contributed by atoms with Crippen LogP contribution in [-0.4, -0.2) is 24.2 Å². The number of furan rings is 1. The second-order valence-corrected chi connectivity index (χ2v) is 5.74. The predicted molar refractivity (Wildman–Crippen MR) is 115 cm³/mol. The maximum atomic E-state index is 9.78. The summed E-state index contributed by atoms with van der Waals surface area (Å²) in [5.74, 6) is 3.08. The smallest absolute Gasteiger partial charge is 0.192 e. The van der Waals surface area contributed by atoms with Crippen LogP contribution in [0.25, 0.3) is 0 Å². The zero-order valence-corrected chi connectivity index (χ0v) is 18.0. The number of hydrogen-bond acceptors (Lipinski definition) is 4. The number of halogens is 1. The number of nitrogens with zero attached hydrogens (tertiary/aromatic N) is 1. The molecule has 0 radical (unpaired) electrons. The third kappa shape index (κ3) is 6.44. The van der Waals surface area contributed by atoms with Crippen molar-refractivity contribution in [2.75, 3.05) is 13.2 Å². The van der Waals surface area contributed by atoms with Gasteiger partial charge in [0.05, 0.1) is 19.2 Å². The number of rotatable bonds is 7. The quantitative estimate of drug-likeness (QED) is 0.320. The Hall–Kier alpha value is -1.90. The number of ether oxygens (including phenoxy) is 1. The van der Waals surface area contributed by atoms with Gasteiger partial charge in [-0.05, 0) is 57.5 Å². The van der Waals surface area contributed by atoms with Gasteiger partial charge >= 0.3 is 0 Å². The Kier molecular flexibility index (Phi) is 9.32. The predicted octanol–water partition coefficient (Wildman–Crippen LogP) is 4.13. The Bertz CT molecular complexity index is 716. The molecule has 0 spiro atoms. The lowest BCUT2D eigenvalue weighted by atomic mass is 10.2. The van der Waals surface area contributed by atoms with Gasteiger partial charge in [-0.1, -0.05) is 6.07 Å². The first-order valence-corrected chi connectivity index (χ1v) is 8.59. The number of aromatic hydroxyl groups is 1. The molecule has 26 heavy (non-hydrogen) atoms. The Labute approximate surface area is 172 Å². The van der Waals surface area contributed by atoms with Crippen LogP contribution in [0.2, 0.25) is 0 Å². The Morgan fingerprint density at radius 1 is 1.27 bits per heavy atom. The summed E-state index contributed by atoms with van der Waals surface area (Å²) in [5.41, 5.74) is 0.958. The van der Waals surface area contributed by atoms with Crippen LogP contribution < -0.4 is 15.4 Å². The number of nitrogens with one attached hydrogen (secondary N) is 2. The van der Waals surface area contributed by atoms with E-state index in [0.29, 0.717) is 24.9 Å². The van der Waals surface area contributed by atoms with Gasteiger partial charge in [-0.3, -0.25) is 0 Å². The molecule has 2 rings (SSSR count). The van der Waals surface area contributed by atoms with Crippen molar-refractivity contribution < 1.29 is 14.3 Å².